The third-order valence-electron chi connectivity index (χ3n) is 6.42. The number of phenols is 1. The summed E-state index contributed by atoms with van der Waals surface area (Å²) < 4.78 is 0. The number of aromatic hydroxyl groups is 1. The van der Waals surface area contributed by atoms with Crippen molar-refractivity contribution in [2.24, 2.45) is 0 Å². The van der Waals surface area contributed by atoms with Crippen LogP contribution in [0.4, 0.5) is 0 Å². The summed E-state index contributed by atoms with van der Waals surface area (Å²) in [7, 11) is 0. The first-order valence-electron chi connectivity index (χ1n) is 12.9. The molecule has 0 fully saturated rings. The van der Waals surface area contributed by atoms with E-state index in [0.717, 1.165) is 11.3 Å². The van der Waals surface area contributed by atoms with Crippen molar-refractivity contribution in [3.63, 3.8) is 0 Å². The quantitative estimate of drug-likeness (QED) is 0.219. The third-order valence-corrected chi connectivity index (χ3v) is 7.51. The van der Waals surface area contributed by atoms with Crippen LogP contribution in [0.3, 0.4) is 0 Å². The van der Waals surface area contributed by atoms with Crippen molar-refractivity contribution in [2.45, 2.75) is 135 Å². The summed E-state index contributed by atoms with van der Waals surface area (Å²) in [6.07, 6.45) is 20.4. The highest BCUT2D eigenvalue weighted by molar-refractivity contribution is 7.98. The second kappa shape index (κ2) is 17.0. The van der Waals surface area contributed by atoms with Gasteiger partial charge < -0.3 is 5.11 Å². The first-order chi connectivity index (χ1) is 14.5. The lowest BCUT2D eigenvalue weighted by molar-refractivity contribution is 0.442. The fraction of sp³-hybridized carbons (Fsp3) is 0.786. The Bertz CT molecular complexity index is 537. The number of rotatable bonds is 19. The minimum atomic E-state index is 0.192. The third kappa shape index (κ3) is 12.3. The van der Waals surface area contributed by atoms with Crippen LogP contribution in [0.5, 0.6) is 5.75 Å². The summed E-state index contributed by atoms with van der Waals surface area (Å²) in [5.41, 5.74) is 2.69. The molecule has 0 aromatic heterocycles. The molecule has 1 N–H and O–H groups in total. The maximum atomic E-state index is 10.3. The molecule has 0 bridgehead atoms. The van der Waals surface area contributed by atoms with Crippen LogP contribution in [0, 0.1) is 0 Å². The highest BCUT2D eigenvalue weighted by atomic mass is 32.2. The Morgan fingerprint density at radius 1 is 0.733 bits per heavy atom. The summed E-state index contributed by atoms with van der Waals surface area (Å²) in [5.74, 6) is 2.61. The van der Waals surface area contributed by atoms with Crippen LogP contribution in [0.15, 0.2) is 18.2 Å². The molecule has 0 spiro atoms. The molecule has 0 saturated carbocycles. The van der Waals surface area contributed by atoms with Crippen LogP contribution >= 0.6 is 11.8 Å². The normalized spacial score (nSPS) is 11.9. The van der Waals surface area contributed by atoms with Crippen molar-refractivity contribution < 1.29 is 5.11 Å². The molecule has 1 aromatic rings. The zero-order chi connectivity index (χ0) is 22.1. The molecule has 174 valence electrons. The van der Waals surface area contributed by atoms with Crippen molar-refractivity contribution in [1.29, 1.82) is 0 Å². The molecule has 0 aliphatic rings. The zero-order valence-corrected chi connectivity index (χ0v) is 21.4. The average Bonchev–Trinajstić information content (AvgIpc) is 2.73. The van der Waals surface area contributed by atoms with Crippen LogP contribution in [0.2, 0.25) is 0 Å². The highest BCUT2D eigenvalue weighted by Gasteiger charge is 2.21. The van der Waals surface area contributed by atoms with E-state index in [-0.39, 0.29) is 5.41 Å². The van der Waals surface area contributed by atoms with Gasteiger partial charge in [-0.1, -0.05) is 123 Å². The molecular weight excluding hydrogens is 384 g/mol. The first-order valence-corrected chi connectivity index (χ1v) is 14.1. The Labute approximate surface area is 192 Å². The van der Waals surface area contributed by atoms with Crippen molar-refractivity contribution >= 4 is 11.8 Å². The van der Waals surface area contributed by atoms with E-state index in [9.17, 15) is 5.11 Å². The van der Waals surface area contributed by atoms with Gasteiger partial charge in [-0.05, 0) is 35.6 Å². The van der Waals surface area contributed by atoms with E-state index in [1.54, 1.807) is 0 Å². The van der Waals surface area contributed by atoms with E-state index < -0.39 is 0 Å². The van der Waals surface area contributed by atoms with Gasteiger partial charge in [0.15, 0.2) is 0 Å². The van der Waals surface area contributed by atoms with Gasteiger partial charge in [0.2, 0.25) is 0 Å². The van der Waals surface area contributed by atoms with Crippen LogP contribution in [-0.2, 0) is 11.2 Å². The molecule has 2 heteroatoms. The standard InChI is InChI=1S/C28H50OS/c1-5-7-9-11-12-13-14-15-16-18-22-30-24-25-23-26(19-20-27(25)29)28(3,4)21-17-10-8-6-2/h19-20,23,29H,5-18,21-22,24H2,1-4H3. The van der Waals surface area contributed by atoms with E-state index in [1.165, 1.54) is 108 Å². The van der Waals surface area contributed by atoms with Gasteiger partial charge in [-0.15, -0.1) is 0 Å². The smallest absolute Gasteiger partial charge is 0.119 e. The highest BCUT2D eigenvalue weighted by Crippen LogP contribution is 2.33. The average molecular weight is 435 g/mol. The molecule has 0 heterocycles. The van der Waals surface area contributed by atoms with E-state index in [0.29, 0.717) is 5.75 Å². The van der Waals surface area contributed by atoms with Gasteiger partial charge in [-0.2, -0.15) is 11.8 Å². The van der Waals surface area contributed by atoms with Crippen LogP contribution in [0.1, 0.15) is 135 Å². The summed E-state index contributed by atoms with van der Waals surface area (Å²) >= 11 is 1.98. The lowest BCUT2D eigenvalue weighted by Gasteiger charge is -2.26. The Balaban J connectivity index is 2.23. The van der Waals surface area contributed by atoms with E-state index in [1.807, 2.05) is 17.8 Å². The predicted molar refractivity (Wildman–Crippen MR) is 138 cm³/mol. The summed E-state index contributed by atoms with van der Waals surface area (Å²) in [5, 5.41) is 10.3. The number of thioether (sulfide) groups is 1. The number of hydrogen-bond acceptors (Lipinski definition) is 2. The van der Waals surface area contributed by atoms with Crippen LogP contribution in [0.25, 0.3) is 0 Å². The SMILES string of the molecule is CCCCCCCCCCCCSCc1cc(C(C)(C)CCCCCC)ccc1O. The van der Waals surface area contributed by atoms with E-state index in [2.05, 4.69) is 39.8 Å². The summed E-state index contributed by atoms with van der Waals surface area (Å²) in [6, 6.07) is 6.31. The van der Waals surface area contributed by atoms with Gasteiger partial charge in [-0.3, -0.25) is 0 Å². The van der Waals surface area contributed by atoms with Crippen LogP contribution < -0.4 is 0 Å². The lowest BCUT2D eigenvalue weighted by Crippen LogP contribution is -2.17. The van der Waals surface area contributed by atoms with Crippen molar-refractivity contribution in [3.8, 4) is 5.75 Å². The molecule has 0 unspecified atom stereocenters. The molecular formula is C28H50OS. The minimum Gasteiger partial charge on any atom is -0.508 e. The maximum absolute atomic E-state index is 10.3. The van der Waals surface area contributed by atoms with Crippen molar-refractivity contribution in [2.75, 3.05) is 5.75 Å². The molecule has 1 rings (SSSR count). The zero-order valence-electron chi connectivity index (χ0n) is 20.6. The summed E-state index contributed by atoms with van der Waals surface area (Å²) in [4.78, 5) is 0. The van der Waals surface area contributed by atoms with E-state index >= 15 is 0 Å². The van der Waals surface area contributed by atoms with Gasteiger partial charge in [0.1, 0.15) is 5.75 Å². The van der Waals surface area contributed by atoms with Gasteiger partial charge in [0.25, 0.3) is 0 Å². The molecule has 0 saturated heterocycles. The molecule has 0 aliphatic heterocycles. The Hall–Kier alpha value is -0.630. The molecule has 0 atom stereocenters. The second-order valence-corrected chi connectivity index (χ2v) is 10.9. The lowest BCUT2D eigenvalue weighted by atomic mass is 9.79. The van der Waals surface area contributed by atoms with Crippen molar-refractivity contribution in [3.05, 3.63) is 29.3 Å². The van der Waals surface area contributed by atoms with Crippen molar-refractivity contribution in [1.82, 2.24) is 0 Å². The largest absolute Gasteiger partial charge is 0.508 e. The predicted octanol–water partition coefficient (Wildman–Crippen LogP) is 9.79. The maximum Gasteiger partial charge on any atom is 0.119 e. The minimum absolute atomic E-state index is 0.192. The summed E-state index contributed by atoms with van der Waals surface area (Å²) in [6.45, 7) is 9.26. The van der Waals surface area contributed by atoms with Gasteiger partial charge in [-0.25, -0.2) is 0 Å². The molecule has 1 aromatic carbocycles. The fourth-order valence-electron chi connectivity index (χ4n) is 4.13. The second-order valence-electron chi connectivity index (χ2n) is 9.77. The molecule has 0 amide bonds. The molecule has 30 heavy (non-hydrogen) atoms. The van der Waals surface area contributed by atoms with Gasteiger partial charge in [0, 0.05) is 11.3 Å². The molecule has 1 nitrogen and oxygen atoms in total. The number of phenolic OH excluding ortho intramolecular Hbond substituents is 1. The Morgan fingerprint density at radius 2 is 1.27 bits per heavy atom. The number of unbranched alkanes of at least 4 members (excludes halogenated alkanes) is 12. The first kappa shape index (κ1) is 27.4. The molecule has 0 aliphatic carbocycles. The topological polar surface area (TPSA) is 20.2 Å². The van der Waals surface area contributed by atoms with E-state index in [4.69, 9.17) is 0 Å². The van der Waals surface area contributed by atoms with Gasteiger partial charge in [0.05, 0.1) is 0 Å². The van der Waals surface area contributed by atoms with Crippen LogP contribution in [-0.4, -0.2) is 10.9 Å². The Kier molecular flexibility index (Phi) is 15.5. The monoisotopic (exact) mass is 434 g/mol. The van der Waals surface area contributed by atoms with Gasteiger partial charge >= 0.3 is 0 Å². The fourth-order valence-corrected chi connectivity index (χ4v) is 5.14. The number of benzene rings is 1. The Morgan fingerprint density at radius 3 is 1.87 bits per heavy atom. The molecule has 0 radical (unpaired) electrons. The number of hydrogen-bond donors (Lipinski definition) is 1.